The summed E-state index contributed by atoms with van der Waals surface area (Å²) in [5.74, 6) is 0.0975. The number of nitrogens with two attached hydrogens (primary N) is 1. The Bertz CT molecular complexity index is 403. The van der Waals surface area contributed by atoms with Crippen LogP contribution < -0.4 is 10.6 Å². The highest BCUT2D eigenvalue weighted by atomic mass is 16.1. The maximum atomic E-state index is 12.3. The van der Waals surface area contributed by atoms with Crippen LogP contribution in [0.25, 0.3) is 0 Å². The van der Waals surface area contributed by atoms with Crippen LogP contribution in [-0.4, -0.2) is 25.4 Å². The Labute approximate surface area is 103 Å². The second kappa shape index (κ2) is 4.49. The molecule has 1 aliphatic carbocycles. The predicted molar refractivity (Wildman–Crippen MR) is 70.5 cm³/mol. The predicted octanol–water partition coefficient (Wildman–Crippen LogP) is 2.21. The average molecular weight is 232 g/mol. The molecule has 0 bridgehead atoms. The first kappa shape index (κ1) is 12.1. The van der Waals surface area contributed by atoms with Gasteiger partial charge in [0.1, 0.15) is 0 Å². The summed E-state index contributed by atoms with van der Waals surface area (Å²) in [6.45, 7) is 0. The fourth-order valence-corrected chi connectivity index (χ4v) is 2.43. The van der Waals surface area contributed by atoms with Gasteiger partial charge in [-0.3, -0.25) is 4.79 Å². The third-order valence-electron chi connectivity index (χ3n) is 3.59. The molecule has 1 fully saturated rings. The van der Waals surface area contributed by atoms with Gasteiger partial charge in [-0.05, 0) is 37.1 Å². The molecule has 0 spiro atoms. The number of anilines is 1. The van der Waals surface area contributed by atoms with E-state index in [-0.39, 0.29) is 5.78 Å². The molecule has 0 aromatic heterocycles. The number of hydrogen-bond donors (Lipinski definition) is 1. The van der Waals surface area contributed by atoms with Gasteiger partial charge in [-0.1, -0.05) is 12.8 Å². The lowest BCUT2D eigenvalue weighted by atomic mass is 9.89. The Morgan fingerprint density at radius 2 is 1.71 bits per heavy atom. The number of benzene rings is 1. The van der Waals surface area contributed by atoms with Gasteiger partial charge in [0.2, 0.25) is 0 Å². The SMILES string of the molecule is CN(C)c1ccc(C(=O)C2(N)CCCC2)cc1. The molecule has 1 aromatic rings. The van der Waals surface area contributed by atoms with Crippen LogP contribution in [0.3, 0.4) is 0 Å². The van der Waals surface area contributed by atoms with Gasteiger partial charge in [-0.15, -0.1) is 0 Å². The lowest BCUT2D eigenvalue weighted by Gasteiger charge is -2.22. The highest BCUT2D eigenvalue weighted by molar-refractivity contribution is 6.03. The van der Waals surface area contributed by atoms with Crippen molar-refractivity contribution in [2.45, 2.75) is 31.2 Å². The summed E-state index contributed by atoms with van der Waals surface area (Å²) in [7, 11) is 3.97. The van der Waals surface area contributed by atoms with E-state index >= 15 is 0 Å². The van der Waals surface area contributed by atoms with Gasteiger partial charge in [0.05, 0.1) is 5.54 Å². The van der Waals surface area contributed by atoms with Crippen molar-refractivity contribution in [3.8, 4) is 0 Å². The molecule has 0 aliphatic heterocycles. The van der Waals surface area contributed by atoms with Crippen molar-refractivity contribution in [3.05, 3.63) is 29.8 Å². The Balaban J connectivity index is 2.20. The third kappa shape index (κ3) is 2.34. The molecule has 0 heterocycles. The number of nitrogens with zero attached hydrogens (tertiary/aromatic N) is 1. The molecule has 1 aromatic carbocycles. The summed E-state index contributed by atoms with van der Waals surface area (Å²) in [5.41, 5.74) is 7.39. The molecule has 17 heavy (non-hydrogen) atoms. The van der Waals surface area contributed by atoms with Gasteiger partial charge >= 0.3 is 0 Å². The van der Waals surface area contributed by atoms with E-state index in [2.05, 4.69) is 0 Å². The molecule has 0 saturated heterocycles. The minimum Gasteiger partial charge on any atom is -0.378 e. The Kier molecular flexibility index (Phi) is 3.20. The Morgan fingerprint density at radius 3 is 2.18 bits per heavy atom. The van der Waals surface area contributed by atoms with Crippen molar-refractivity contribution < 1.29 is 4.79 Å². The van der Waals surface area contributed by atoms with Crippen molar-refractivity contribution in [1.82, 2.24) is 0 Å². The first-order valence-electron chi connectivity index (χ1n) is 6.14. The number of carbonyl (C=O) groups is 1. The zero-order chi connectivity index (χ0) is 12.5. The van der Waals surface area contributed by atoms with E-state index in [1.165, 1.54) is 0 Å². The van der Waals surface area contributed by atoms with Gasteiger partial charge in [0.25, 0.3) is 0 Å². The molecule has 1 saturated carbocycles. The zero-order valence-corrected chi connectivity index (χ0v) is 10.6. The fraction of sp³-hybridized carbons (Fsp3) is 0.500. The average Bonchev–Trinajstić information content (AvgIpc) is 2.76. The molecule has 0 unspecified atom stereocenters. The topological polar surface area (TPSA) is 46.3 Å². The molecule has 0 atom stereocenters. The first-order valence-corrected chi connectivity index (χ1v) is 6.14. The van der Waals surface area contributed by atoms with Crippen LogP contribution in [0, 0.1) is 0 Å². The van der Waals surface area contributed by atoms with Crippen molar-refractivity contribution in [2.75, 3.05) is 19.0 Å². The van der Waals surface area contributed by atoms with Crippen LogP contribution >= 0.6 is 0 Å². The van der Waals surface area contributed by atoms with Crippen LogP contribution in [0.1, 0.15) is 36.0 Å². The highest BCUT2D eigenvalue weighted by Crippen LogP contribution is 2.30. The standard InChI is InChI=1S/C14H20N2O/c1-16(2)12-7-5-11(6-8-12)13(17)14(15)9-3-4-10-14/h5-8H,3-4,9-10,15H2,1-2H3. The van der Waals surface area contributed by atoms with Gasteiger partial charge in [-0.25, -0.2) is 0 Å². The summed E-state index contributed by atoms with van der Waals surface area (Å²) in [6, 6.07) is 7.69. The van der Waals surface area contributed by atoms with E-state index in [0.29, 0.717) is 0 Å². The summed E-state index contributed by atoms with van der Waals surface area (Å²) < 4.78 is 0. The van der Waals surface area contributed by atoms with E-state index in [0.717, 1.165) is 36.9 Å². The summed E-state index contributed by atoms with van der Waals surface area (Å²) in [5, 5.41) is 0. The third-order valence-corrected chi connectivity index (χ3v) is 3.59. The van der Waals surface area contributed by atoms with E-state index in [4.69, 9.17) is 5.73 Å². The lowest BCUT2D eigenvalue weighted by molar-refractivity contribution is 0.0892. The molecule has 1 aliphatic rings. The minimum atomic E-state index is -0.611. The number of ketones is 1. The molecule has 0 amide bonds. The molecule has 0 radical (unpaired) electrons. The quantitative estimate of drug-likeness (QED) is 0.813. The largest absolute Gasteiger partial charge is 0.378 e. The number of carbonyl (C=O) groups excluding carboxylic acids is 1. The molecular formula is C14H20N2O. The van der Waals surface area contributed by atoms with Crippen LogP contribution in [0.4, 0.5) is 5.69 Å². The van der Waals surface area contributed by atoms with Crippen molar-refractivity contribution in [1.29, 1.82) is 0 Å². The maximum absolute atomic E-state index is 12.3. The van der Waals surface area contributed by atoms with E-state index in [1.807, 2.05) is 43.3 Å². The van der Waals surface area contributed by atoms with E-state index in [1.54, 1.807) is 0 Å². The fourth-order valence-electron chi connectivity index (χ4n) is 2.43. The Morgan fingerprint density at radius 1 is 1.18 bits per heavy atom. The summed E-state index contributed by atoms with van der Waals surface area (Å²) >= 11 is 0. The zero-order valence-electron chi connectivity index (χ0n) is 10.6. The molecule has 3 nitrogen and oxygen atoms in total. The summed E-state index contributed by atoms with van der Waals surface area (Å²) in [6.07, 6.45) is 3.78. The molecule has 3 heteroatoms. The van der Waals surface area contributed by atoms with Crippen molar-refractivity contribution in [3.63, 3.8) is 0 Å². The maximum Gasteiger partial charge on any atom is 0.182 e. The van der Waals surface area contributed by atoms with E-state index in [9.17, 15) is 4.79 Å². The van der Waals surface area contributed by atoms with Crippen LogP contribution in [-0.2, 0) is 0 Å². The highest BCUT2D eigenvalue weighted by Gasteiger charge is 2.37. The second-order valence-corrected chi connectivity index (χ2v) is 5.13. The minimum absolute atomic E-state index is 0.0975. The number of hydrogen-bond acceptors (Lipinski definition) is 3. The lowest BCUT2D eigenvalue weighted by Crippen LogP contribution is -2.45. The smallest absolute Gasteiger partial charge is 0.182 e. The van der Waals surface area contributed by atoms with Crippen molar-refractivity contribution >= 4 is 11.5 Å². The van der Waals surface area contributed by atoms with E-state index < -0.39 is 5.54 Å². The van der Waals surface area contributed by atoms with Crippen LogP contribution in [0.5, 0.6) is 0 Å². The monoisotopic (exact) mass is 232 g/mol. The van der Waals surface area contributed by atoms with Crippen LogP contribution in [0.15, 0.2) is 24.3 Å². The second-order valence-electron chi connectivity index (χ2n) is 5.13. The Hall–Kier alpha value is -1.35. The summed E-state index contributed by atoms with van der Waals surface area (Å²) in [4.78, 5) is 14.3. The number of Topliss-reactive ketones (excluding diaryl/α,β-unsaturated/α-hetero) is 1. The van der Waals surface area contributed by atoms with Gasteiger partial charge in [-0.2, -0.15) is 0 Å². The van der Waals surface area contributed by atoms with Gasteiger partial charge < -0.3 is 10.6 Å². The van der Waals surface area contributed by atoms with Crippen LogP contribution in [0.2, 0.25) is 0 Å². The normalized spacial score (nSPS) is 18.1. The molecule has 2 rings (SSSR count). The van der Waals surface area contributed by atoms with Gasteiger partial charge in [0.15, 0.2) is 5.78 Å². The number of rotatable bonds is 3. The molecule has 92 valence electrons. The first-order chi connectivity index (χ1) is 8.03. The van der Waals surface area contributed by atoms with Gasteiger partial charge in [0, 0.05) is 25.3 Å². The van der Waals surface area contributed by atoms with Crippen molar-refractivity contribution in [2.24, 2.45) is 5.73 Å². The molecular weight excluding hydrogens is 212 g/mol. The molecule has 2 N–H and O–H groups in total.